The first-order chi connectivity index (χ1) is 17.3. The Hall–Kier alpha value is -2.64. The van der Waals surface area contributed by atoms with Crippen LogP contribution in [0.15, 0.2) is 83.3 Å². The van der Waals surface area contributed by atoms with E-state index in [4.69, 9.17) is 0 Å². The van der Waals surface area contributed by atoms with Crippen LogP contribution in [-0.2, 0) is 28.3 Å². The number of hydrogen-bond acceptors (Lipinski definition) is 3. The summed E-state index contributed by atoms with van der Waals surface area (Å²) in [7, 11) is 0. The first-order valence-corrected chi connectivity index (χ1v) is 13.9. The van der Waals surface area contributed by atoms with Crippen LogP contribution in [-0.4, -0.2) is 35.1 Å². The van der Waals surface area contributed by atoms with Crippen molar-refractivity contribution < 1.29 is 14.0 Å². The second-order valence-corrected chi connectivity index (χ2v) is 11.0. The molecule has 0 radical (unpaired) electrons. The molecule has 7 heteroatoms. The number of thioether (sulfide) groups is 1. The predicted molar refractivity (Wildman–Crippen MR) is 149 cm³/mol. The van der Waals surface area contributed by atoms with Gasteiger partial charge in [0, 0.05) is 29.7 Å². The third-order valence-corrected chi connectivity index (χ3v) is 7.10. The fourth-order valence-electron chi connectivity index (χ4n) is 3.76. The molecule has 0 aliphatic heterocycles. The van der Waals surface area contributed by atoms with Crippen molar-refractivity contribution in [1.82, 2.24) is 10.2 Å². The van der Waals surface area contributed by atoms with E-state index in [0.29, 0.717) is 30.8 Å². The average molecular weight is 572 g/mol. The van der Waals surface area contributed by atoms with Gasteiger partial charge in [0.1, 0.15) is 11.9 Å². The Kier molecular flexibility index (Phi) is 11.0. The third-order valence-electron chi connectivity index (χ3n) is 5.64. The maximum Gasteiger partial charge on any atom is 0.243 e. The molecular formula is C29H32BrFN2O2S. The molecule has 0 heterocycles. The summed E-state index contributed by atoms with van der Waals surface area (Å²) in [6.07, 6.45) is 0.405. The molecule has 0 spiro atoms. The molecule has 0 saturated heterocycles. The van der Waals surface area contributed by atoms with Gasteiger partial charge in [-0.2, -0.15) is 0 Å². The zero-order valence-electron chi connectivity index (χ0n) is 20.6. The number of amides is 2. The monoisotopic (exact) mass is 570 g/mol. The summed E-state index contributed by atoms with van der Waals surface area (Å²) >= 11 is 4.85. The van der Waals surface area contributed by atoms with Gasteiger partial charge in [-0.1, -0.05) is 90.4 Å². The molecule has 0 aliphatic rings. The van der Waals surface area contributed by atoms with Crippen molar-refractivity contribution in [1.29, 1.82) is 0 Å². The molecule has 0 aliphatic carbocycles. The lowest BCUT2D eigenvalue weighted by molar-refractivity contribution is -0.139. The molecular weight excluding hydrogens is 539 g/mol. The van der Waals surface area contributed by atoms with E-state index >= 15 is 0 Å². The lowest BCUT2D eigenvalue weighted by Gasteiger charge is -2.32. The van der Waals surface area contributed by atoms with Gasteiger partial charge in [0.25, 0.3) is 0 Å². The summed E-state index contributed by atoms with van der Waals surface area (Å²) in [5.74, 6) is 0.208. The van der Waals surface area contributed by atoms with Gasteiger partial charge in [-0.15, -0.1) is 11.8 Å². The van der Waals surface area contributed by atoms with Gasteiger partial charge in [0.15, 0.2) is 0 Å². The number of benzene rings is 3. The van der Waals surface area contributed by atoms with E-state index < -0.39 is 6.04 Å². The highest BCUT2D eigenvalue weighted by Crippen LogP contribution is 2.21. The van der Waals surface area contributed by atoms with E-state index in [-0.39, 0.29) is 29.3 Å². The Bertz CT molecular complexity index is 1140. The lowest BCUT2D eigenvalue weighted by Crippen LogP contribution is -2.51. The Morgan fingerprint density at radius 1 is 0.972 bits per heavy atom. The average Bonchev–Trinajstić information content (AvgIpc) is 2.86. The molecule has 1 atom stereocenters. The first kappa shape index (κ1) is 27.9. The molecule has 2 amide bonds. The topological polar surface area (TPSA) is 49.4 Å². The molecule has 1 N–H and O–H groups in total. The van der Waals surface area contributed by atoms with Crippen LogP contribution in [0, 0.1) is 11.7 Å². The minimum absolute atomic E-state index is 0.144. The molecule has 3 aromatic carbocycles. The molecule has 0 saturated carbocycles. The van der Waals surface area contributed by atoms with Crippen LogP contribution in [0.5, 0.6) is 0 Å². The third kappa shape index (κ3) is 8.79. The maximum atomic E-state index is 14.1. The van der Waals surface area contributed by atoms with Crippen molar-refractivity contribution in [3.8, 4) is 0 Å². The summed E-state index contributed by atoms with van der Waals surface area (Å²) < 4.78 is 15.0. The second-order valence-electron chi connectivity index (χ2n) is 9.08. The van der Waals surface area contributed by atoms with Gasteiger partial charge in [-0.25, -0.2) is 4.39 Å². The highest BCUT2D eigenvalue weighted by molar-refractivity contribution is 9.10. The lowest BCUT2D eigenvalue weighted by atomic mass is 10.0. The molecule has 4 nitrogen and oxygen atoms in total. The zero-order valence-corrected chi connectivity index (χ0v) is 23.0. The van der Waals surface area contributed by atoms with Gasteiger partial charge in [-0.05, 0) is 40.8 Å². The number of hydrogen-bond donors (Lipinski definition) is 1. The first-order valence-electron chi connectivity index (χ1n) is 12.0. The molecule has 0 aromatic heterocycles. The van der Waals surface area contributed by atoms with E-state index in [1.165, 1.54) is 17.8 Å². The van der Waals surface area contributed by atoms with Gasteiger partial charge in [0.2, 0.25) is 11.8 Å². The highest BCUT2D eigenvalue weighted by Gasteiger charge is 2.30. The van der Waals surface area contributed by atoms with Crippen molar-refractivity contribution in [2.24, 2.45) is 5.92 Å². The zero-order chi connectivity index (χ0) is 25.9. The Balaban J connectivity index is 1.85. The smallest absolute Gasteiger partial charge is 0.243 e. The molecule has 0 unspecified atom stereocenters. The second kappa shape index (κ2) is 14.2. The molecule has 36 heavy (non-hydrogen) atoms. The minimum Gasteiger partial charge on any atom is -0.354 e. The van der Waals surface area contributed by atoms with Crippen molar-refractivity contribution in [2.75, 3.05) is 12.3 Å². The number of nitrogens with zero attached hydrogens (tertiary/aromatic N) is 1. The van der Waals surface area contributed by atoms with Crippen molar-refractivity contribution in [3.05, 3.63) is 106 Å². The molecule has 0 fully saturated rings. The van der Waals surface area contributed by atoms with Crippen LogP contribution >= 0.6 is 27.7 Å². The highest BCUT2D eigenvalue weighted by atomic mass is 79.9. The van der Waals surface area contributed by atoms with E-state index in [1.54, 1.807) is 23.1 Å². The number of nitrogens with one attached hydrogen (secondary N) is 1. The number of carbonyl (C=O) groups excluding carboxylic acids is 2. The summed E-state index contributed by atoms with van der Waals surface area (Å²) in [6, 6.07) is 23.4. The van der Waals surface area contributed by atoms with Crippen molar-refractivity contribution in [3.63, 3.8) is 0 Å². The van der Waals surface area contributed by atoms with E-state index in [0.717, 1.165) is 15.6 Å². The summed E-state index contributed by atoms with van der Waals surface area (Å²) in [5, 5.41) is 3.03. The standard InChI is InChI=1S/C29H32BrFN2O2S/c1-21(2)17-32-29(35)27(16-22-9-4-3-5-10-22)33(18-23-11-8-13-25(30)15-23)28(34)20-36-19-24-12-6-7-14-26(24)31/h3-15,21,27H,16-20H2,1-2H3,(H,32,35)/t27-/m1/s1. The van der Waals surface area contributed by atoms with Gasteiger partial charge >= 0.3 is 0 Å². The molecule has 3 aromatic rings. The normalized spacial score (nSPS) is 11.8. The van der Waals surface area contributed by atoms with Crippen molar-refractivity contribution >= 4 is 39.5 Å². The quantitative estimate of drug-likeness (QED) is 0.280. The number of carbonyl (C=O) groups is 2. The fourth-order valence-corrected chi connectivity index (χ4v) is 5.10. The maximum absolute atomic E-state index is 14.1. The predicted octanol–water partition coefficient (Wildman–Crippen LogP) is 6.23. The van der Waals surface area contributed by atoms with Crippen LogP contribution in [0.25, 0.3) is 0 Å². The molecule has 3 rings (SSSR count). The number of rotatable bonds is 12. The SMILES string of the molecule is CC(C)CNC(=O)[C@@H](Cc1ccccc1)N(Cc1cccc(Br)c1)C(=O)CSCc1ccccc1F. The van der Waals surface area contributed by atoms with Crippen LogP contribution < -0.4 is 5.32 Å². The van der Waals surface area contributed by atoms with Crippen LogP contribution in [0.3, 0.4) is 0 Å². The van der Waals surface area contributed by atoms with Gasteiger partial charge in [-0.3, -0.25) is 9.59 Å². The Labute approximate surface area is 225 Å². The van der Waals surface area contributed by atoms with E-state index in [9.17, 15) is 14.0 Å². The van der Waals surface area contributed by atoms with E-state index in [1.807, 2.05) is 68.4 Å². The van der Waals surface area contributed by atoms with Crippen LogP contribution in [0.2, 0.25) is 0 Å². The van der Waals surface area contributed by atoms with Crippen molar-refractivity contribution in [2.45, 2.75) is 38.6 Å². The van der Waals surface area contributed by atoms with Gasteiger partial charge < -0.3 is 10.2 Å². The summed E-state index contributed by atoms with van der Waals surface area (Å²) in [4.78, 5) is 28.7. The largest absolute Gasteiger partial charge is 0.354 e. The molecule has 190 valence electrons. The van der Waals surface area contributed by atoms with Crippen LogP contribution in [0.4, 0.5) is 4.39 Å². The number of halogens is 2. The fraction of sp³-hybridized carbons (Fsp3) is 0.310. The molecule has 0 bridgehead atoms. The van der Waals surface area contributed by atoms with E-state index in [2.05, 4.69) is 21.2 Å². The Morgan fingerprint density at radius 3 is 2.36 bits per heavy atom. The minimum atomic E-state index is -0.674. The van der Waals surface area contributed by atoms with Crippen LogP contribution in [0.1, 0.15) is 30.5 Å². The Morgan fingerprint density at radius 2 is 1.67 bits per heavy atom. The summed E-state index contributed by atoms with van der Waals surface area (Å²) in [5.41, 5.74) is 2.46. The summed E-state index contributed by atoms with van der Waals surface area (Å²) in [6.45, 7) is 4.91. The van der Waals surface area contributed by atoms with Gasteiger partial charge in [0.05, 0.1) is 5.75 Å².